The number of nitrogens with zero attached hydrogens (tertiary/aromatic N) is 1. The molecule has 2 aromatic rings. The van der Waals surface area contributed by atoms with Crippen molar-refractivity contribution in [2.75, 3.05) is 0 Å². The van der Waals surface area contributed by atoms with Gasteiger partial charge in [-0.1, -0.05) is 42.5 Å². The van der Waals surface area contributed by atoms with Gasteiger partial charge in [0.1, 0.15) is 5.82 Å². The summed E-state index contributed by atoms with van der Waals surface area (Å²) in [6.45, 7) is 6.50. The number of aromatic nitrogens is 2. The molecule has 0 radical (unpaired) electrons. The van der Waals surface area contributed by atoms with Gasteiger partial charge in [0.15, 0.2) is 0 Å². The Kier molecular flexibility index (Phi) is 3.00. The highest BCUT2D eigenvalue weighted by atomic mass is 127. The fraction of sp³-hybridized carbons (Fsp3) is 0.417. The summed E-state index contributed by atoms with van der Waals surface area (Å²) in [5, 5.41) is 0. The molecule has 1 unspecified atom stereocenters. The van der Waals surface area contributed by atoms with Crippen molar-refractivity contribution < 1.29 is 0 Å². The Hall–Kier alpha value is -0.580. The van der Waals surface area contributed by atoms with Crippen LogP contribution in [0.2, 0.25) is 0 Å². The minimum absolute atomic E-state index is 0.456. The third-order valence-corrected chi connectivity index (χ3v) is 3.25. The molecule has 0 bridgehead atoms. The number of benzene rings is 1. The first kappa shape index (κ1) is 10.9. The number of hydrogen-bond acceptors (Lipinski definition) is 1. The molecule has 0 amide bonds. The zero-order chi connectivity index (χ0) is 11.0. The van der Waals surface area contributed by atoms with Crippen LogP contribution in [0.5, 0.6) is 0 Å². The molecule has 80 valence electrons. The molecular formula is C12H15IN2. The number of alkyl halides is 1. The molecule has 1 heterocycles. The van der Waals surface area contributed by atoms with E-state index in [0.717, 1.165) is 16.9 Å². The molecule has 1 aromatic heterocycles. The van der Waals surface area contributed by atoms with E-state index in [-0.39, 0.29) is 0 Å². The normalized spacial score (nSPS) is 13.7. The zero-order valence-electron chi connectivity index (χ0n) is 9.21. The van der Waals surface area contributed by atoms with Crippen LogP contribution in [0.4, 0.5) is 0 Å². The molecule has 0 fully saturated rings. The maximum absolute atomic E-state index is 4.60. The summed E-state index contributed by atoms with van der Waals surface area (Å²) in [7, 11) is 0. The second kappa shape index (κ2) is 4.12. The third kappa shape index (κ3) is 2.17. The largest absolute Gasteiger partial charge is 0.342 e. The summed E-state index contributed by atoms with van der Waals surface area (Å²) >= 11 is 2.42. The minimum atomic E-state index is 0.456. The first-order chi connectivity index (χ1) is 7.08. The quantitative estimate of drug-likeness (QED) is 0.654. The lowest BCUT2D eigenvalue weighted by atomic mass is 10.1. The van der Waals surface area contributed by atoms with Crippen molar-refractivity contribution >= 4 is 33.6 Å². The molecule has 1 N–H and O–H groups in total. The molecule has 0 saturated carbocycles. The van der Waals surface area contributed by atoms with Crippen LogP contribution < -0.4 is 0 Å². The highest BCUT2D eigenvalue weighted by molar-refractivity contribution is 14.1. The minimum Gasteiger partial charge on any atom is -0.342 e. The van der Waals surface area contributed by atoms with Crippen molar-refractivity contribution in [2.24, 2.45) is 0 Å². The van der Waals surface area contributed by atoms with Crippen molar-refractivity contribution in [3.05, 3.63) is 29.6 Å². The van der Waals surface area contributed by atoms with Crippen molar-refractivity contribution in [2.45, 2.75) is 30.6 Å². The molecule has 1 aromatic carbocycles. The van der Waals surface area contributed by atoms with E-state index >= 15 is 0 Å². The number of rotatable bonds is 2. The van der Waals surface area contributed by atoms with Crippen molar-refractivity contribution in [1.29, 1.82) is 0 Å². The summed E-state index contributed by atoms with van der Waals surface area (Å²) in [5.41, 5.74) is 3.56. The van der Waals surface area contributed by atoms with Crippen molar-refractivity contribution in [3.63, 3.8) is 0 Å². The maximum Gasteiger partial charge on any atom is 0.109 e. The lowest BCUT2D eigenvalue weighted by Crippen LogP contribution is -1.88. The lowest BCUT2D eigenvalue weighted by Gasteiger charge is -2.01. The molecule has 15 heavy (non-hydrogen) atoms. The second-order valence-corrected chi connectivity index (χ2v) is 6.04. The standard InChI is InChI=1S/C12H15IN2/c1-7(2)12-14-10-5-4-9(8(3)13)6-11(10)15-12/h4-8H,1-3H3,(H,14,15). The van der Waals surface area contributed by atoms with E-state index in [9.17, 15) is 0 Å². The molecule has 0 saturated heterocycles. The van der Waals surface area contributed by atoms with Gasteiger partial charge in [-0.2, -0.15) is 0 Å². The third-order valence-electron chi connectivity index (χ3n) is 2.53. The molecule has 0 aliphatic heterocycles. The Morgan fingerprint density at radius 3 is 2.60 bits per heavy atom. The van der Waals surface area contributed by atoms with Crippen LogP contribution in [0.25, 0.3) is 11.0 Å². The second-order valence-electron chi connectivity index (χ2n) is 4.17. The SMILES string of the molecule is CC(C)c1nc2cc(C(C)I)ccc2[nH]1. The predicted octanol–water partition coefficient (Wildman–Crippen LogP) is 4.18. The van der Waals surface area contributed by atoms with Gasteiger partial charge >= 0.3 is 0 Å². The lowest BCUT2D eigenvalue weighted by molar-refractivity contribution is 0.799. The van der Waals surface area contributed by atoms with Crippen LogP contribution in [-0.4, -0.2) is 9.97 Å². The Morgan fingerprint density at radius 2 is 2.00 bits per heavy atom. The average Bonchev–Trinajstić information content (AvgIpc) is 2.59. The number of halogens is 1. The van der Waals surface area contributed by atoms with E-state index in [1.54, 1.807) is 0 Å². The molecular weight excluding hydrogens is 299 g/mol. The Morgan fingerprint density at radius 1 is 1.27 bits per heavy atom. The summed E-state index contributed by atoms with van der Waals surface area (Å²) < 4.78 is 0.534. The number of aromatic amines is 1. The fourth-order valence-corrected chi connectivity index (χ4v) is 1.95. The first-order valence-electron chi connectivity index (χ1n) is 5.21. The van der Waals surface area contributed by atoms with Crippen LogP contribution in [-0.2, 0) is 0 Å². The zero-order valence-corrected chi connectivity index (χ0v) is 11.4. The summed E-state index contributed by atoms with van der Waals surface area (Å²) in [5.74, 6) is 1.53. The summed E-state index contributed by atoms with van der Waals surface area (Å²) in [4.78, 5) is 7.94. The van der Waals surface area contributed by atoms with Gasteiger partial charge in [0.25, 0.3) is 0 Å². The summed E-state index contributed by atoms with van der Waals surface area (Å²) in [6, 6.07) is 6.47. The van der Waals surface area contributed by atoms with Gasteiger partial charge in [-0.15, -0.1) is 0 Å². The van der Waals surface area contributed by atoms with Gasteiger partial charge in [-0.25, -0.2) is 4.98 Å². The Balaban J connectivity index is 2.52. The highest BCUT2D eigenvalue weighted by Crippen LogP contribution is 2.26. The van der Waals surface area contributed by atoms with Gasteiger partial charge in [-0.3, -0.25) is 0 Å². The number of fused-ring (bicyclic) bond motifs is 1. The van der Waals surface area contributed by atoms with Crippen LogP contribution in [0.3, 0.4) is 0 Å². The van der Waals surface area contributed by atoms with Gasteiger partial charge < -0.3 is 4.98 Å². The van der Waals surface area contributed by atoms with Crippen LogP contribution in [0, 0.1) is 0 Å². The Bertz CT molecular complexity index is 465. The van der Waals surface area contributed by atoms with Crippen molar-refractivity contribution in [1.82, 2.24) is 9.97 Å². The fourth-order valence-electron chi connectivity index (χ4n) is 1.56. The van der Waals surface area contributed by atoms with Gasteiger partial charge in [0.2, 0.25) is 0 Å². The molecule has 2 rings (SSSR count). The maximum atomic E-state index is 4.60. The van der Waals surface area contributed by atoms with E-state index < -0.39 is 0 Å². The van der Waals surface area contributed by atoms with E-state index in [0.29, 0.717) is 9.84 Å². The topological polar surface area (TPSA) is 28.7 Å². The number of hydrogen-bond donors (Lipinski definition) is 1. The number of nitrogens with one attached hydrogen (secondary N) is 1. The van der Waals surface area contributed by atoms with Gasteiger partial charge in [0.05, 0.1) is 11.0 Å². The van der Waals surface area contributed by atoms with Crippen LogP contribution in [0.1, 0.15) is 42.0 Å². The summed E-state index contributed by atoms with van der Waals surface area (Å²) in [6.07, 6.45) is 0. The van der Waals surface area contributed by atoms with Crippen LogP contribution in [0.15, 0.2) is 18.2 Å². The highest BCUT2D eigenvalue weighted by Gasteiger charge is 2.08. The van der Waals surface area contributed by atoms with E-state index in [1.807, 2.05) is 0 Å². The molecule has 0 aliphatic rings. The first-order valence-corrected chi connectivity index (χ1v) is 6.46. The molecule has 2 nitrogen and oxygen atoms in total. The number of imidazole rings is 1. The average molecular weight is 314 g/mol. The molecule has 3 heteroatoms. The number of H-pyrrole nitrogens is 1. The molecule has 0 spiro atoms. The van der Waals surface area contributed by atoms with Crippen LogP contribution >= 0.6 is 22.6 Å². The van der Waals surface area contributed by atoms with Crippen molar-refractivity contribution in [3.8, 4) is 0 Å². The van der Waals surface area contributed by atoms with Gasteiger partial charge in [0, 0.05) is 9.84 Å². The molecule has 1 atom stereocenters. The monoisotopic (exact) mass is 314 g/mol. The van der Waals surface area contributed by atoms with E-state index in [1.165, 1.54) is 5.56 Å². The smallest absolute Gasteiger partial charge is 0.109 e. The molecule has 0 aliphatic carbocycles. The Labute approximate surface area is 104 Å². The van der Waals surface area contributed by atoms with E-state index in [4.69, 9.17) is 0 Å². The predicted molar refractivity (Wildman–Crippen MR) is 72.6 cm³/mol. The van der Waals surface area contributed by atoms with E-state index in [2.05, 4.69) is 71.5 Å². The van der Waals surface area contributed by atoms with Gasteiger partial charge in [-0.05, 0) is 24.6 Å².